The largest absolute Gasteiger partial charge is 0.493 e. The van der Waals surface area contributed by atoms with E-state index in [9.17, 15) is 9.59 Å². The molecular formula is C24H20N2O5. The van der Waals surface area contributed by atoms with Gasteiger partial charge in [-0.1, -0.05) is 24.3 Å². The number of carbonyl (C=O) groups excluding carboxylic acids is 1. The quantitative estimate of drug-likeness (QED) is 0.507. The molecule has 7 heteroatoms. The molecule has 0 aliphatic heterocycles. The number of para-hydroxylation sites is 1. The fourth-order valence-corrected chi connectivity index (χ4v) is 3.11. The van der Waals surface area contributed by atoms with E-state index in [1.165, 1.54) is 0 Å². The highest BCUT2D eigenvalue weighted by Gasteiger charge is 2.11. The molecule has 0 saturated heterocycles. The number of rotatable bonds is 6. The number of methoxy groups -OCH3 is 1. The predicted octanol–water partition coefficient (Wildman–Crippen LogP) is 4.19. The van der Waals surface area contributed by atoms with Crippen LogP contribution in [0.2, 0.25) is 0 Å². The first-order valence-corrected chi connectivity index (χ1v) is 9.61. The van der Waals surface area contributed by atoms with Crippen molar-refractivity contribution in [2.45, 2.75) is 6.92 Å². The van der Waals surface area contributed by atoms with Crippen LogP contribution in [-0.4, -0.2) is 24.6 Å². The Morgan fingerprint density at radius 3 is 2.71 bits per heavy atom. The van der Waals surface area contributed by atoms with Crippen molar-refractivity contribution in [3.63, 3.8) is 0 Å². The van der Waals surface area contributed by atoms with Crippen LogP contribution in [0.4, 0.5) is 5.69 Å². The fourth-order valence-electron chi connectivity index (χ4n) is 3.11. The summed E-state index contributed by atoms with van der Waals surface area (Å²) in [5, 5.41) is 3.19. The summed E-state index contributed by atoms with van der Waals surface area (Å²) in [6.07, 6.45) is 0. The number of anilines is 1. The van der Waals surface area contributed by atoms with E-state index in [1.54, 1.807) is 61.7 Å². The lowest BCUT2D eigenvalue weighted by molar-refractivity contribution is -0.118. The first-order chi connectivity index (χ1) is 15.0. The van der Waals surface area contributed by atoms with Gasteiger partial charge in [0.15, 0.2) is 18.1 Å². The molecule has 1 heterocycles. The van der Waals surface area contributed by atoms with Crippen LogP contribution in [0, 0.1) is 6.92 Å². The van der Waals surface area contributed by atoms with Crippen molar-refractivity contribution >= 4 is 22.5 Å². The molecule has 7 nitrogen and oxygen atoms in total. The van der Waals surface area contributed by atoms with Gasteiger partial charge in [0.1, 0.15) is 0 Å². The second-order valence-corrected chi connectivity index (χ2v) is 6.90. The highest BCUT2D eigenvalue weighted by molar-refractivity contribution is 5.92. The Hall–Kier alpha value is -4.13. The summed E-state index contributed by atoms with van der Waals surface area (Å²) in [4.78, 5) is 29.0. The Kier molecular flexibility index (Phi) is 5.66. The zero-order chi connectivity index (χ0) is 21.8. The summed E-state index contributed by atoms with van der Waals surface area (Å²) in [6.45, 7) is 1.76. The maximum atomic E-state index is 12.4. The van der Waals surface area contributed by atoms with Gasteiger partial charge in [-0.15, -0.1) is 0 Å². The maximum absolute atomic E-state index is 12.4. The van der Waals surface area contributed by atoms with E-state index in [2.05, 4.69) is 10.3 Å². The minimum Gasteiger partial charge on any atom is -0.493 e. The topological polar surface area (TPSA) is 90.7 Å². The lowest BCUT2D eigenvalue weighted by atomic mass is 10.2. The molecule has 3 aromatic carbocycles. The molecule has 4 aromatic rings. The lowest BCUT2D eigenvalue weighted by Crippen LogP contribution is -2.20. The minimum atomic E-state index is -0.463. The van der Waals surface area contributed by atoms with Crippen LogP contribution < -0.4 is 20.4 Å². The molecule has 1 aromatic heterocycles. The first kappa shape index (κ1) is 20.2. The van der Waals surface area contributed by atoms with Gasteiger partial charge in [0, 0.05) is 11.3 Å². The van der Waals surface area contributed by atoms with E-state index < -0.39 is 5.63 Å². The second-order valence-electron chi connectivity index (χ2n) is 6.90. The van der Waals surface area contributed by atoms with Crippen molar-refractivity contribution in [3.8, 4) is 23.0 Å². The SMILES string of the molecule is COc1cc(C)ccc1OCC(=O)Nc1cccc(-c2nc3ccccc3c(=O)o2)c1. The van der Waals surface area contributed by atoms with E-state index in [4.69, 9.17) is 13.9 Å². The zero-order valence-corrected chi connectivity index (χ0v) is 17.0. The Bertz CT molecular complexity index is 1310. The van der Waals surface area contributed by atoms with E-state index in [0.29, 0.717) is 33.7 Å². The number of hydrogen-bond acceptors (Lipinski definition) is 6. The molecule has 156 valence electrons. The molecule has 0 unspecified atom stereocenters. The lowest BCUT2D eigenvalue weighted by Gasteiger charge is -2.12. The number of nitrogens with one attached hydrogen (secondary N) is 1. The van der Waals surface area contributed by atoms with Gasteiger partial charge in [0.25, 0.3) is 5.91 Å². The second kappa shape index (κ2) is 8.71. The number of nitrogens with zero attached hydrogens (tertiary/aromatic N) is 1. The van der Waals surface area contributed by atoms with Crippen molar-refractivity contribution in [2.24, 2.45) is 0 Å². The van der Waals surface area contributed by atoms with Crippen molar-refractivity contribution < 1.29 is 18.7 Å². The zero-order valence-electron chi connectivity index (χ0n) is 17.0. The predicted molar refractivity (Wildman–Crippen MR) is 118 cm³/mol. The molecule has 0 radical (unpaired) electrons. The van der Waals surface area contributed by atoms with Crippen LogP contribution in [0.1, 0.15) is 5.56 Å². The number of aromatic nitrogens is 1. The van der Waals surface area contributed by atoms with Gasteiger partial charge in [-0.05, 0) is 55.0 Å². The van der Waals surface area contributed by atoms with E-state index >= 15 is 0 Å². The van der Waals surface area contributed by atoms with Crippen LogP contribution in [0.15, 0.2) is 75.9 Å². The van der Waals surface area contributed by atoms with Crippen molar-refractivity contribution in [3.05, 3.63) is 82.7 Å². The number of fused-ring (bicyclic) bond motifs is 1. The minimum absolute atomic E-state index is 0.181. The number of ether oxygens (including phenoxy) is 2. The van der Waals surface area contributed by atoms with Gasteiger partial charge in [-0.3, -0.25) is 4.79 Å². The molecule has 4 rings (SSSR count). The number of aryl methyl sites for hydroxylation is 1. The molecule has 0 saturated carbocycles. The molecule has 31 heavy (non-hydrogen) atoms. The van der Waals surface area contributed by atoms with E-state index in [0.717, 1.165) is 5.56 Å². The van der Waals surface area contributed by atoms with Crippen LogP contribution in [0.3, 0.4) is 0 Å². The Morgan fingerprint density at radius 1 is 1.03 bits per heavy atom. The Morgan fingerprint density at radius 2 is 1.87 bits per heavy atom. The summed E-state index contributed by atoms with van der Waals surface area (Å²) in [5.74, 6) is 0.888. The molecule has 0 bridgehead atoms. The molecule has 1 amide bonds. The van der Waals surface area contributed by atoms with Crippen molar-refractivity contribution in [1.29, 1.82) is 0 Å². The highest BCUT2D eigenvalue weighted by Crippen LogP contribution is 2.28. The van der Waals surface area contributed by atoms with Gasteiger partial charge < -0.3 is 19.2 Å². The Labute approximate surface area is 178 Å². The van der Waals surface area contributed by atoms with Crippen LogP contribution in [0.25, 0.3) is 22.4 Å². The first-order valence-electron chi connectivity index (χ1n) is 9.61. The summed E-state index contributed by atoms with van der Waals surface area (Å²) in [5.41, 5.74) is 2.21. The summed E-state index contributed by atoms with van der Waals surface area (Å²) in [7, 11) is 1.55. The standard InChI is InChI=1S/C24H20N2O5/c1-15-10-11-20(21(12-15)29-2)30-14-22(27)25-17-7-5-6-16(13-17)23-26-19-9-4-3-8-18(19)24(28)31-23/h3-13H,14H2,1-2H3,(H,25,27). The molecule has 0 atom stereocenters. The van der Waals surface area contributed by atoms with Gasteiger partial charge in [0.05, 0.1) is 18.0 Å². The van der Waals surface area contributed by atoms with Crippen LogP contribution >= 0.6 is 0 Å². The summed E-state index contributed by atoms with van der Waals surface area (Å²) >= 11 is 0. The molecule has 0 fully saturated rings. The molecule has 0 aliphatic carbocycles. The third-order valence-electron chi connectivity index (χ3n) is 4.61. The normalized spacial score (nSPS) is 10.6. The smallest absolute Gasteiger partial charge is 0.347 e. The summed E-state index contributed by atoms with van der Waals surface area (Å²) < 4.78 is 16.2. The Balaban J connectivity index is 1.49. The number of amides is 1. The number of carbonyl (C=O) groups is 1. The van der Waals surface area contributed by atoms with Crippen LogP contribution in [0.5, 0.6) is 11.5 Å². The average Bonchev–Trinajstić information content (AvgIpc) is 2.78. The maximum Gasteiger partial charge on any atom is 0.347 e. The van der Waals surface area contributed by atoms with Crippen LogP contribution in [-0.2, 0) is 4.79 Å². The third-order valence-corrected chi connectivity index (χ3v) is 4.61. The summed E-state index contributed by atoms with van der Waals surface area (Å²) in [6, 6.07) is 19.4. The number of benzene rings is 3. The molecule has 0 aliphatic rings. The molecule has 1 N–H and O–H groups in total. The molecule has 0 spiro atoms. The highest BCUT2D eigenvalue weighted by atomic mass is 16.5. The third kappa shape index (κ3) is 4.56. The fraction of sp³-hybridized carbons (Fsp3) is 0.125. The number of hydrogen-bond donors (Lipinski definition) is 1. The van der Waals surface area contributed by atoms with Crippen molar-refractivity contribution in [2.75, 3.05) is 19.0 Å². The van der Waals surface area contributed by atoms with E-state index in [-0.39, 0.29) is 18.4 Å². The monoisotopic (exact) mass is 416 g/mol. The average molecular weight is 416 g/mol. The van der Waals surface area contributed by atoms with E-state index in [1.807, 2.05) is 19.1 Å². The van der Waals surface area contributed by atoms with Crippen molar-refractivity contribution in [1.82, 2.24) is 4.98 Å². The molecular weight excluding hydrogens is 396 g/mol. The van der Waals surface area contributed by atoms with Gasteiger partial charge >= 0.3 is 5.63 Å². The van der Waals surface area contributed by atoms with Gasteiger partial charge in [-0.2, -0.15) is 0 Å². The van der Waals surface area contributed by atoms with Gasteiger partial charge in [0.2, 0.25) is 5.89 Å². The van der Waals surface area contributed by atoms with Gasteiger partial charge in [-0.25, -0.2) is 9.78 Å².